The van der Waals surface area contributed by atoms with Crippen molar-refractivity contribution in [3.8, 4) is 5.75 Å². The second-order valence-electron chi connectivity index (χ2n) is 5.03. The first kappa shape index (κ1) is 16.1. The van der Waals surface area contributed by atoms with Crippen LogP contribution in [0.25, 0.3) is 10.8 Å². The number of nitrogens with one attached hydrogen (secondary N) is 1. The molecule has 0 aliphatic carbocycles. The van der Waals surface area contributed by atoms with E-state index in [2.05, 4.69) is 0 Å². The quantitative estimate of drug-likeness (QED) is 0.936. The molecule has 1 amide bonds. The molecule has 2 aromatic carbocycles. The number of carbonyl (C=O) groups is 1. The molecule has 2 rings (SSSR count). The Hall–Kier alpha value is -2.24. The molecule has 1 atom stereocenters. The topological polar surface area (TPSA) is 38.3 Å². The van der Waals surface area contributed by atoms with Gasteiger partial charge in [0.2, 0.25) is 5.91 Å². The van der Waals surface area contributed by atoms with Crippen molar-refractivity contribution < 1.29 is 22.7 Å². The molecule has 0 heterocycles. The number of amides is 1. The van der Waals surface area contributed by atoms with E-state index in [-0.39, 0.29) is 0 Å². The molecular formula is C16H16F3NO2. The van der Waals surface area contributed by atoms with Gasteiger partial charge >= 0.3 is 6.18 Å². The van der Waals surface area contributed by atoms with E-state index >= 15 is 0 Å². The van der Waals surface area contributed by atoms with Gasteiger partial charge in [0.05, 0.1) is 13.0 Å². The minimum Gasteiger partial charge on any atom is -0.497 e. The Morgan fingerprint density at radius 1 is 1.18 bits per heavy atom. The van der Waals surface area contributed by atoms with Crippen LogP contribution in [-0.2, 0) is 4.79 Å². The molecule has 2 aromatic rings. The molecule has 0 unspecified atom stereocenters. The van der Waals surface area contributed by atoms with Crippen LogP contribution in [0.3, 0.4) is 0 Å². The molecular weight excluding hydrogens is 295 g/mol. The summed E-state index contributed by atoms with van der Waals surface area (Å²) in [4.78, 5) is 11.8. The number of hydrogen-bond donors (Lipinski definition) is 1. The second kappa shape index (κ2) is 6.25. The summed E-state index contributed by atoms with van der Waals surface area (Å²) in [6.07, 6.45) is -4.41. The van der Waals surface area contributed by atoms with Gasteiger partial charge < -0.3 is 10.1 Å². The van der Waals surface area contributed by atoms with Crippen molar-refractivity contribution in [2.24, 2.45) is 0 Å². The molecule has 22 heavy (non-hydrogen) atoms. The zero-order valence-corrected chi connectivity index (χ0v) is 12.2. The van der Waals surface area contributed by atoms with E-state index in [1.807, 2.05) is 23.5 Å². The lowest BCUT2D eigenvalue weighted by Crippen LogP contribution is -2.36. The number of ether oxygens (including phenoxy) is 1. The van der Waals surface area contributed by atoms with E-state index < -0.39 is 24.5 Å². The van der Waals surface area contributed by atoms with Crippen molar-refractivity contribution >= 4 is 16.7 Å². The number of carbonyl (C=O) groups excluding carboxylic acids is 1. The molecule has 118 valence electrons. The average molecular weight is 311 g/mol. The number of halogens is 3. The molecule has 1 N–H and O–H groups in total. The summed E-state index contributed by atoms with van der Waals surface area (Å²) in [5.74, 6) is -0.588. The molecule has 0 aliphatic rings. The molecule has 0 radical (unpaired) electrons. The number of benzene rings is 2. The normalized spacial score (nSPS) is 13.0. The summed E-state index contributed by atoms with van der Waals surface area (Å²) in [7, 11) is 1.57. The van der Waals surface area contributed by atoms with E-state index in [0.717, 1.165) is 16.5 Å². The average Bonchev–Trinajstić information content (AvgIpc) is 2.50. The van der Waals surface area contributed by atoms with Gasteiger partial charge in [-0.1, -0.05) is 24.3 Å². The highest BCUT2D eigenvalue weighted by Crippen LogP contribution is 2.25. The van der Waals surface area contributed by atoms with Crippen molar-refractivity contribution in [1.82, 2.24) is 5.32 Å². The maximum absolute atomic E-state index is 12.1. The number of fused-ring (bicyclic) bond motifs is 1. The molecule has 0 aromatic heterocycles. The van der Waals surface area contributed by atoms with Crippen LogP contribution in [-0.4, -0.2) is 25.7 Å². The first-order chi connectivity index (χ1) is 10.3. The standard InChI is InChI=1S/C16H16F3NO2/c1-10(15(21)20-9-16(17,18)19)11-3-4-13-8-14(22-2)6-5-12(13)7-11/h3-8,10H,9H2,1-2H3,(H,20,21)/t10-/m1/s1. The van der Waals surface area contributed by atoms with Crippen LogP contribution in [0.2, 0.25) is 0 Å². The zero-order chi connectivity index (χ0) is 16.3. The van der Waals surface area contributed by atoms with Gasteiger partial charge in [0, 0.05) is 0 Å². The van der Waals surface area contributed by atoms with Crippen LogP contribution < -0.4 is 10.1 Å². The summed E-state index contributed by atoms with van der Waals surface area (Å²) in [6.45, 7) is 0.261. The molecule has 0 bridgehead atoms. The number of alkyl halides is 3. The van der Waals surface area contributed by atoms with Crippen LogP contribution >= 0.6 is 0 Å². The van der Waals surface area contributed by atoms with Gasteiger partial charge in [-0.25, -0.2) is 0 Å². The molecule has 6 heteroatoms. The van der Waals surface area contributed by atoms with Gasteiger partial charge in [0.1, 0.15) is 12.3 Å². The van der Waals surface area contributed by atoms with Crippen LogP contribution in [0.1, 0.15) is 18.4 Å². The van der Waals surface area contributed by atoms with Crippen molar-refractivity contribution in [2.45, 2.75) is 19.0 Å². The monoisotopic (exact) mass is 311 g/mol. The van der Waals surface area contributed by atoms with E-state index in [4.69, 9.17) is 4.74 Å². The maximum Gasteiger partial charge on any atom is 0.405 e. The first-order valence-corrected chi connectivity index (χ1v) is 6.72. The Morgan fingerprint density at radius 2 is 1.82 bits per heavy atom. The minimum atomic E-state index is -4.41. The summed E-state index contributed by atoms with van der Waals surface area (Å²) < 4.78 is 41.5. The fraction of sp³-hybridized carbons (Fsp3) is 0.312. The van der Waals surface area contributed by atoms with Crippen molar-refractivity contribution in [3.05, 3.63) is 42.0 Å². The minimum absolute atomic E-state index is 0.648. The predicted molar refractivity (Wildman–Crippen MR) is 78.0 cm³/mol. The Balaban J connectivity index is 2.17. The second-order valence-corrected chi connectivity index (χ2v) is 5.03. The zero-order valence-electron chi connectivity index (χ0n) is 12.2. The Labute approximate surface area is 126 Å². The SMILES string of the molecule is COc1ccc2cc([C@@H](C)C(=O)NCC(F)(F)F)ccc2c1. The fourth-order valence-corrected chi connectivity index (χ4v) is 2.13. The summed E-state index contributed by atoms with van der Waals surface area (Å²) in [6, 6.07) is 10.8. The van der Waals surface area contributed by atoms with Gasteiger partial charge in [-0.05, 0) is 35.4 Å². The molecule has 0 spiro atoms. The lowest BCUT2D eigenvalue weighted by molar-refractivity contribution is -0.139. The van der Waals surface area contributed by atoms with Gasteiger partial charge in [-0.15, -0.1) is 0 Å². The largest absolute Gasteiger partial charge is 0.497 e. The van der Waals surface area contributed by atoms with Gasteiger partial charge in [0.25, 0.3) is 0 Å². The van der Waals surface area contributed by atoms with Crippen molar-refractivity contribution in [3.63, 3.8) is 0 Å². The number of rotatable bonds is 4. The van der Waals surface area contributed by atoms with E-state index in [1.165, 1.54) is 0 Å². The molecule has 0 aliphatic heterocycles. The van der Waals surface area contributed by atoms with Crippen molar-refractivity contribution in [1.29, 1.82) is 0 Å². The summed E-state index contributed by atoms with van der Waals surface area (Å²) in [5.41, 5.74) is 0.664. The highest BCUT2D eigenvalue weighted by Gasteiger charge is 2.29. The summed E-state index contributed by atoms with van der Waals surface area (Å²) >= 11 is 0. The van der Waals surface area contributed by atoms with E-state index in [0.29, 0.717) is 5.56 Å². The van der Waals surface area contributed by atoms with Crippen LogP contribution in [0.4, 0.5) is 13.2 Å². The molecule has 0 saturated heterocycles. The van der Waals surface area contributed by atoms with Gasteiger partial charge in [0.15, 0.2) is 0 Å². The molecule has 3 nitrogen and oxygen atoms in total. The summed E-state index contributed by atoms with van der Waals surface area (Å²) in [5, 5.41) is 3.74. The lowest BCUT2D eigenvalue weighted by Gasteiger charge is -2.14. The first-order valence-electron chi connectivity index (χ1n) is 6.72. The third-order valence-electron chi connectivity index (χ3n) is 3.43. The number of methoxy groups -OCH3 is 1. The van der Waals surface area contributed by atoms with Gasteiger partial charge in [-0.3, -0.25) is 4.79 Å². The number of hydrogen-bond acceptors (Lipinski definition) is 2. The van der Waals surface area contributed by atoms with Crippen LogP contribution in [0.5, 0.6) is 5.75 Å². The smallest absolute Gasteiger partial charge is 0.405 e. The highest BCUT2D eigenvalue weighted by molar-refractivity contribution is 5.88. The maximum atomic E-state index is 12.1. The highest BCUT2D eigenvalue weighted by atomic mass is 19.4. The molecule has 0 saturated carbocycles. The van der Waals surface area contributed by atoms with E-state index in [9.17, 15) is 18.0 Å². The predicted octanol–water partition coefficient (Wildman–Crippen LogP) is 3.63. The Bertz CT molecular complexity index is 683. The van der Waals surface area contributed by atoms with Crippen LogP contribution in [0.15, 0.2) is 36.4 Å². The Kier molecular flexibility index (Phi) is 4.59. The molecule has 0 fully saturated rings. The third kappa shape index (κ3) is 3.90. The lowest BCUT2D eigenvalue weighted by atomic mass is 9.97. The third-order valence-corrected chi connectivity index (χ3v) is 3.43. The van der Waals surface area contributed by atoms with Crippen LogP contribution in [0, 0.1) is 0 Å². The van der Waals surface area contributed by atoms with Crippen molar-refractivity contribution in [2.75, 3.05) is 13.7 Å². The van der Waals surface area contributed by atoms with E-state index in [1.54, 1.807) is 32.2 Å². The van der Waals surface area contributed by atoms with Gasteiger partial charge in [-0.2, -0.15) is 13.2 Å². The fourth-order valence-electron chi connectivity index (χ4n) is 2.13. The Morgan fingerprint density at radius 3 is 2.45 bits per heavy atom.